The Morgan fingerprint density at radius 2 is 2.04 bits per heavy atom. The van der Waals surface area contributed by atoms with Crippen molar-refractivity contribution in [2.45, 2.75) is 45.8 Å². The summed E-state index contributed by atoms with van der Waals surface area (Å²) in [5.41, 5.74) is 0.684. The number of ether oxygens (including phenoxy) is 3. The quantitative estimate of drug-likeness (QED) is 0.743. The van der Waals surface area contributed by atoms with E-state index in [9.17, 15) is 14.4 Å². The molecular weight excluding hydrogens is 340 g/mol. The standard InChI is InChI=1S/C18H24N2O6/c1-5-19-17(23)20-16(22)11(2)25-14(21)10-24-13-8-6-7-12-9-18(3,4)26-15(12)13/h6-8,11H,5,9-10H2,1-4H3,(H2,19,20,22,23)/t11-/m0/s1. The normalized spacial score (nSPS) is 15.2. The van der Waals surface area contributed by atoms with Crippen molar-refractivity contribution in [1.29, 1.82) is 0 Å². The molecule has 0 fully saturated rings. The smallest absolute Gasteiger partial charge is 0.344 e. The first-order chi connectivity index (χ1) is 12.2. The van der Waals surface area contributed by atoms with E-state index in [4.69, 9.17) is 14.2 Å². The van der Waals surface area contributed by atoms with Gasteiger partial charge in [-0.05, 0) is 33.8 Å². The van der Waals surface area contributed by atoms with E-state index in [-0.39, 0.29) is 12.2 Å². The highest BCUT2D eigenvalue weighted by Gasteiger charge is 2.32. The van der Waals surface area contributed by atoms with Gasteiger partial charge < -0.3 is 19.5 Å². The first-order valence-corrected chi connectivity index (χ1v) is 8.43. The van der Waals surface area contributed by atoms with Gasteiger partial charge in [-0.1, -0.05) is 12.1 Å². The maximum absolute atomic E-state index is 11.9. The van der Waals surface area contributed by atoms with E-state index in [2.05, 4.69) is 10.6 Å². The third-order valence-corrected chi connectivity index (χ3v) is 3.65. The zero-order valence-electron chi connectivity index (χ0n) is 15.4. The molecule has 0 saturated carbocycles. The topological polar surface area (TPSA) is 103 Å². The molecule has 26 heavy (non-hydrogen) atoms. The summed E-state index contributed by atoms with van der Waals surface area (Å²) in [6.45, 7) is 7.04. The van der Waals surface area contributed by atoms with Crippen LogP contribution >= 0.6 is 0 Å². The van der Waals surface area contributed by atoms with E-state index in [0.717, 1.165) is 12.0 Å². The number of hydrogen-bond acceptors (Lipinski definition) is 6. The van der Waals surface area contributed by atoms with E-state index >= 15 is 0 Å². The molecule has 1 aliphatic rings. The Labute approximate surface area is 152 Å². The van der Waals surface area contributed by atoms with Crippen LogP contribution in [0.1, 0.15) is 33.3 Å². The summed E-state index contributed by atoms with van der Waals surface area (Å²) in [6, 6.07) is 4.84. The third kappa shape index (κ3) is 5.11. The highest BCUT2D eigenvalue weighted by atomic mass is 16.6. The number of amides is 3. The molecule has 2 N–H and O–H groups in total. The molecule has 0 saturated heterocycles. The molecule has 1 aromatic carbocycles. The lowest BCUT2D eigenvalue weighted by atomic mass is 10.0. The predicted octanol–water partition coefficient (Wildman–Crippen LogP) is 1.56. The Morgan fingerprint density at radius 1 is 1.31 bits per heavy atom. The molecule has 0 aliphatic carbocycles. The Hall–Kier alpha value is -2.77. The number of carbonyl (C=O) groups is 3. The van der Waals surface area contributed by atoms with Crippen LogP contribution in [0, 0.1) is 0 Å². The molecule has 8 nitrogen and oxygen atoms in total. The van der Waals surface area contributed by atoms with Crippen LogP contribution in [0.4, 0.5) is 4.79 Å². The van der Waals surface area contributed by atoms with Crippen molar-refractivity contribution in [1.82, 2.24) is 10.6 Å². The largest absolute Gasteiger partial charge is 0.483 e. The lowest BCUT2D eigenvalue weighted by Crippen LogP contribution is -2.44. The summed E-state index contributed by atoms with van der Waals surface area (Å²) in [4.78, 5) is 34.9. The first-order valence-electron chi connectivity index (χ1n) is 8.43. The van der Waals surface area contributed by atoms with Crippen molar-refractivity contribution >= 4 is 17.9 Å². The van der Waals surface area contributed by atoms with Gasteiger partial charge in [0.1, 0.15) is 5.60 Å². The molecule has 8 heteroatoms. The van der Waals surface area contributed by atoms with E-state index in [1.807, 2.05) is 26.0 Å². The van der Waals surface area contributed by atoms with Gasteiger partial charge in [0.25, 0.3) is 5.91 Å². The molecule has 0 spiro atoms. The highest BCUT2D eigenvalue weighted by Crippen LogP contribution is 2.41. The van der Waals surface area contributed by atoms with Gasteiger partial charge in [-0.15, -0.1) is 0 Å². The minimum absolute atomic E-state index is 0.325. The van der Waals surface area contributed by atoms with Gasteiger partial charge in [-0.3, -0.25) is 10.1 Å². The van der Waals surface area contributed by atoms with Gasteiger partial charge in [0.05, 0.1) is 0 Å². The average Bonchev–Trinajstić information content (AvgIpc) is 2.87. The molecule has 142 valence electrons. The second-order valence-corrected chi connectivity index (χ2v) is 6.55. The van der Waals surface area contributed by atoms with Crippen LogP contribution in [0.25, 0.3) is 0 Å². The van der Waals surface area contributed by atoms with Crippen molar-refractivity contribution in [3.05, 3.63) is 23.8 Å². The van der Waals surface area contributed by atoms with Crippen LogP contribution in [0.5, 0.6) is 11.5 Å². The summed E-state index contributed by atoms with van der Waals surface area (Å²) in [6.07, 6.45) is -0.369. The maximum Gasteiger partial charge on any atom is 0.344 e. The minimum Gasteiger partial charge on any atom is -0.483 e. The summed E-state index contributed by atoms with van der Waals surface area (Å²) in [5, 5.41) is 4.49. The molecule has 2 rings (SSSR count). The van der Waals surface area contributed by atoms with Crippen LogP contribution < -0.4 is 20.1 Å². The fourth-order valence-corrected chi connectivity index (χ4v) is 2.54. The van der Waals surface area contributed by atoms with Crippen LogP contribution in [0.15, 0.2) is 18.2 Å². The second kappa shape index (κ2) is 8.07. The Bertz CT molecular complexity index is 701. The van der Waals surface area contributed by atoms with Gasteiger partial charge >= 0.3 is 12.0 Å². The number of nitrogens with one attached hydrogen (secondary N) is 2. The molecule has 3 amide bonds. The van der Waals surface area contributed by atoms with Crippen molar-refractivity contribution in [3.8, 4) is 11.5 Å². The zero-order valence-corrected chi connectivity index (χ0v) is 15.4. The number of para-hydroxylation sites is 1. The average molecular weight is 364 g/mol. The number of carbonyl (C=O) groups excluding carboxylic acids is 3. The molecule has 1 atom stereocenters. The van der Waals surface area contributed by atoms with Crippen LogP contribution in [-0.2, 0) is 20.7 Å². The summed E-state index contributed by atoms with van der Waals surface area (Å²) >= 11 is 0. The molecule has 1 heterocycles. The van der Waals surface area contributed by atoms with Crippen molar-refractivity contribution in [2.75, 3.05) is 13.2 Å². The fraction of sp³-hybridized carbons (Fsp3) is 0.500. The van der Waals surface area contributed by atoms with Gasteiger partial charge in [0.15, 0.2) is 24.2 Å². The molecular formula is C18H24N2O6. The number of fused-ring (bicyclic) bond motifs is 1. The van der Waals surface area contributed by atoms with Crippen molar-refractivity contribution < 1.29 is 28.6 Å². The number of esters is 1. The van der Waals surface area contributed by atoms with E-state index in [1.165, 1.54) is 6.92 Å². The van der Waals surface area contributed by atoms with Crippen molar-refractivity contribution in [3.63, 3.8) is 0 Å². The monoisotopic (exact) mass is 364 g/mol. The van der Waals surface area contributed by atoms with Gasteiger partial charge in [-0.25, -0.2) is 9.59 Å². The number of imide groups is 1. The van der Waals surface area contributed by atoms with Gasteiger partial charge in [0, 0.05) is 18.5 Å². The van der Waals surface area contributed by atoms with Gasteiger partial charge in [0.2, 0.25) is 0 Å². The highest BCUT2D eigenvalue weighted by molar-refractivity contribution is 5.97. The van der Waals surface area contributed by atoms with E-state index in [1.54, 1.807) is 13.0 Å². The van der Waals surface area contributed by atoms with Crippen LogP contribution in [0.3, 0.4) is 0 Å². The van der Waals surface area contributed by atoms with E-state index < -0.39 is 24.0 Å². The Kier molecular flexibility index (Phi) is 6.07. The Balaban J connectivity index is 1.86. The number of hydrogen-bond donors (Lipinski definition) is 2. The minimum atomic E-state index is -1.12. The van der Waals surface area contributed by atoms with Crippen molar-refractivity contribution in [2.24, 2.45) is 0 Å². The molecule has 0 unspecified atom stereocenters. The molecule has 0 bridgehead atoms. The van der Waals surface area contributed by atoms with Crippen LogP contribution in [-0.4, -0.2) is 42.8 Å². The lowest BCUT2D eigenvalue weighted by Gasteiger charge is -2.18. The second-order valence-electron chi connectivity index (χ2n) is 6.55. The molecule has 0 aromatic heterocycles. The third-order valence-electron chi connectivity index (χ3n) is 3.65. The summed E-state index contributed by atoms with van der Waals surface area (Å²) in [7, 11) is 0. The number of urea groups is 1. The molecule has 1 aliphatic heterocycles. The SMILES string of the molecule is CCNC(=O)NC(=O)[C@H](C)OC(=O)COc1cccc2c1OC(C)(C)C2. The van der Waals surface area contributed by atoms with E-state index in [0.29, 0.717) is 18.0 Å². The number of benzene rings is 1. The summed E-state index contributed by atoms with van der Waals surface area (Å²) < 4.78 is 16.3. The fourth-order valence-electron chi connectivity index (χ4n) is 2.54. The maximum atomic E-state index is 11.9. The first kappa shape index (κ1) is 19.6. The Morgan fingerprint density at radius 3 is 2.73 bits per heavy atom. The zero-order chi connectivity index (χ0) is 19.3. The number of rotatable bonds is 6. The van der Waals surface area contributed by atoms with Crippen LogP contribution in [0.2, 0.25) is 0 Å². The lowest BCUT2D eigenvalue weighted by molar-refractivity contribution is -0.156. The van der Waals surface area contributed by atoms with Gasteiger partial charge in [-0.2, -0.15) is 0 Å². The summed E-state index contributed by atoms with van der Waals surface area (Å²) in [5.74, 6) is -0.370. The predicted molar refractivity (Wildman–Crippen MR) is 93.1 cm³/mol. The molecule has 0 radical (unpaired) electrons. The molecule has 1 aromatic rings.